The van der Waals surface area contributed by atoms with E-state index >= 15 is 0 Å². The lowest BCUT2D eigenvalue weighted by Crippen LogP contribution is -2.17. The Morgan fingerprint density at radius 2 is 1.94 bits per heavy atom. The zero-order chi connectivity index (χ0) is 24.5. The standard InChI is InChI=1S/C20H21BrF3N3O5S/c1-4-32-19(30)15-9(2)12(18(29)31-3)17(33-15)25-11(28)7-8-27-14(10-5-6-10)13(21)16(26-27)20(22,23)24/h10H,4-8H2,1-3H3,(H,25,28). The van der Waals surface area contributed by atoms with E-state index in [2.05, 4.69) is 26.3 Å². The number of carbonyl (C=O) groups is 3. The first-order chi connectivity index (χ1) is 15.5. The fourth-order valence-corrected chi connectivity index (χ4v) is 5.23. The molecule has 0 radical (unpaired) electrons. The topological polar surface area (TPSA) is 99.5 Å². The van der Waals surface area contributed by atoms with Crippen molar-refractivity contribution in [2.75, 3.05) is 19.0 Å². The number of hydrogen-bond acceptors (Lipinski definition) is 7. The molecule has 1 aliphatic rings. The van der Waals surface area contributed by atoms with Crippen molar-refractivity contribution in [3.05, 3.63) is 31.9 Å². The Kier molecular flexibility index (Phi) is 7.52. The van der Waals surface area contributed by atoms with Crippen LogP contribution in [-0.2, 0) is 27.0 Å². The van der Waals surface area contributed by atoms with Crippen LogP contribution in [0.3, 0.4) is 0 Å². The third-order valence-corrected chi connectivity index (χ3v) is 6.93. The molecule has 2 aromatic rings. The Balaban J connectivity index is 1.80. The summed E-state index contributed by atoms with van der Waals surface area (Å²) in [6.07, 6.45) is -3.32. The van der Waals surface area contributed by atoms with Gasteiger partial charge < -0.3 is 14.8 Å². The largest absolute Gasteiger partial charge is 0.465 e. The minimum absolute atomic E-state index is 0.0266. The number of methoxy groups -OCH3 is 1. The second-order valence-electron chi connectivity index (χ2n) is 7.31. The molecule has 13 heteroatoms. The zero-order valence-corrected chi connectivity index (χ0v) is 20.4. The average molecular weight is 552 g/mol. The number of rotatable bonds is 8. The summed E-state index contributed by atoms with van der Waals surface area (Å²) in [4.78, 5) is 37.2. The monoisotopic (exact) mass is 551 g/mol. The van der Waals surface area contributed by atoms with E-state index in [4.69, 9.17) is 9.47 Å². The number of hydrogen-bond donors (Lipinski definition) is 1. The van der Waals surface area contributed by atoms with Gasteiger partial charge in [0.1, 0.15) is 9.88 Å². The number of aromatic nitrogens is 2. The Bertz CT molecular complexity index is 1090. The summed E-state index contributed by atoms with van der Waals surface area (Å²) in [5.74, 6) is -1.97. The molecule has 0 atom stereocenters. The molecule has 33 heavy (non-hydrogen) atoms. The minimum Gasteiger partial charge on any atom is -0.465 e. The SMILES string of the molecule is CCOC(=O)c1sc(NC(=O)CCn2nc(C(F)(F)F)c(Br)c2C2CC2)c(C(=O)OC)c1C. The highest BCUT2D eigenvalue weighted by atomic mass is 79.9. The number of halogens is 4. The van der Waals surface area contributed by atoms with Crippen molar-refractivity contribution in [1.82, 2.24) is 9.78 Å². The van der Waals surface area contributed by atoms with Crippen LogP contribution in [0, 0.1) is 6.92 Å². The number of nitrogens with zero attached hydrogens (tertiary/aromatic N) is 2. The summed E-state index contributed by atoms with van der Waals surface area (Å²) in [5.41, 5.74) is -0.270. The normalized spacial score (nSPS) is 13.7. The maximum atomic E-state index is 13.3. The van der Waals surface area contributed by atoms with Crippen LogP contribution in [0.4, 0.5) is 18.2 Å². The van der Waals surface area contributed by atoms with E-state index in [-0.39, 0.29) is 45.4 Å². The summed E-state index contributed by atoms with van der Waals surface area (Å²) >= 11 is 3.88. The van der Waals surface area contributed by atoms with Crippen molar-refractivity contribution >= 4 is 50.1 Å². The van der Waals surface area contributed by atoms with Crippen molar-refractivity contribution < 1.29 is 37.0 Å². The number of carbonyl (C=O) groups excluding carboxylic acids is 3. The molecule has 3 rings (SSSR count). The highest BCUT2D eigenvalue weighted by molar-refractivity contribution is 9.10. The van der Waals surface area contributed by atoms with Gasteiger partial charge in [0.25, 0.3) is 0 Å². The van der Waals surface area contributed by atoms with Crippen LogP contribution < -0.4 is 5.32 Å². The fourth-order valence-electron chi connectivity index (χ4n) is 3.29. The van der Waals surface area contributed by atoms with Gasteiger partial charge in [0.05, 0.1) is 36.0 Å². The summed E-state index contributed by atoms with van der Waals surface area (Å²) in [6.45, 7) is 3.22. The van der Waals surface area contributed by atoms with Crippen molar-refractivity contribution in [3.63, 3.8) is 0 Å². The third kappa shape index (κ3) is 5.40. The molecule has 0 aliphatic heterocycles. The van der Waals surface area contributed by atoms with E-state index in [1.54, 1.807) is 6.92 Å². The molecular formula is C20H21BrF3N3O5S. The van der Waals surface area contributed by atoms with E-state index < -0.39 is 29.7 Å². The van der Waals surface area contributed by atoms with E-state index in [0.717, 1.165) is 24.2 Å². The van der Waals surface area contributed by atoms with Crippen LogP contribution in [0.1, 0.15) is 69.1 Å². The van der Waals surface area contributed by atoms with E-state index in [9.17, 15) is 27.6 Å². The van der Waals surface area contributed by atoms with Crippen molar-refractivity contribution in [2.45, 2.75) is 51.7 Å². The van der Waals surface area contributed by atoms with Gasteiger partial charge in [-0.05, 0) is 48.2 Å². The molecule has 1 N–H and O–H groups in total. The molecule has 8 nitrogen and oxygen atoms in total. The first-order valence-electron chi connectivity index (χ1n) is 10.0. The number of thiophene rings is 1. The smallest absolute Gasteiger partial charge is 0.436 e. The number of alkyl halides is 3. The third-order valence-electron chi connectivity index (χ3n) is 4.96. The van der Waals surface area contributed by atoms with Crippen molar-refractivity contribution in [2.24, 2.45) is 0 Å². The van der Waals surface area contributed by atoms with Gasteiger partial charge in [0, 0.05) is 12.3 Å². The Labute approximate surface area is 199 Å². The molecule has 0 saturated heterocycles. The van der Waals surface area contributed by atoms with Crippen LogP contribution in [0.5, 0.6) is 0 Å². The second kappa shape index (κ2) is 9.84. The molecule has 180 valence electrons. The maximum Gasteiger partial charge on any atom is 0.436 e. The predicted molar refractivity (Wildman–Crippen MR) is 117 cm³/mol. The van der Waals surface area contributed by atoms with Gasteiger partial charge in [-0.1, -0.05) is 0 Å². The first-order valence-corrected chi connectivity index (χ1v) is 11.6. The molecule has 1 saturated carbocycles. The van der Waals surface area contributed by atoms with E-state index in [1.807, 2.05) is 0 Å². The van der Waals surface area contributed by atoms with Crippen LogP contribution in [0.2, 0.25) is 0 Å². The number of esters is 2. The lowest BCUT2D eigenvalue weighted by Gasteiger charge is -2.08. The molecule has 0 aromatic carbocycles. The molecule has 1 aliphatic carbocycles. The van der Waals surface area contributed by atoms with Gasteiger partial charge in [-0.3, -0.25) is 9.48 Å². The number of nitrogens with one attached hydrogen (secondary N) is 1. The van der Waals surface area contributed by atoms with Crippen LogP contribution in [-0.4, -0.2) is 41.3 Å². The molecule has 1 fully saturated rings. The lowest BCUT2D eigenvalue weighted by molar-refractivity contribution is -0.142. The highest BCUT2D eigenvalue weighted by Gasteiger charge is 2.41. The van der Waals surface area contributed by atoms with Gasteiger partial charge in [0.2, 0.25) is 5.91 Å². The lowest BCUT2D eigenvalue weighted by atomic mass is 10.1. The fraction of sp³-hybridized carbons (Fsp3) is 0.500. The Morgan fingerprint density at radius 3 is 2.48 bits per heavy atom. The van der Waals surface area contributed by atoms with E-state index in [1.165, 1.54) is 18.7 Å². The molecule has 1 amide bonds. The Hall–Kier alpha value is -2.41. The molecule has 2 heterocycles. The number of ether oxygens (including phenoxy) is 2. The quantitative estimate of drug-likeness (QED) is 0.468. The number of amides is 1. The van der Waals surface area contributed by atoms with Crippen LogP contribution in [0.25, 0.3) is 0 Å². The minimum atomic E-state index is -4.62. The number of anilines is 1. The highest BCUT2D eigenvalue weighted by Crippen LogP contribution is 2.47. The molecule has 0 spiro atoms. The zero-order valence-electron chi connectivity index (χ0n) is 18.0. The van der Waals surface area contributed by atoms with Crippen molar-refractivity contribution in [1.29, 1.82) is 0 Å². The van der Waals surface area contributed by atoms with Gasteiger partial charge in [-0.25, -0.2) is 9.59 Å². The van der Waals surface area contributed by atoms with Gasteiger partial charge >= 0.3 is 18.1 Å². The summed E-state index contributed by atoms with van der Waals surface area (Å²) in [7, 11) is 1.17. The summed E-state index contributed by atoms with van der Waals surface area (Å²) in [6, 6.07) is 0. The van der Waals surface area contributed by atoms with Gasteiger partial charge in [-0.15, -0.1) is 11.3 Å². The number of aryl methyl sites for hydroxylation is 1. The first kappa shape index (κ1) is 25.2. The summed E-state index contributed by atoms with van der Waals surface area (Å²) < 4.78 is 50.6. The van der Waals surface area contributed by atoms with Gasteiger partial charge in [0.15, 0.2) is 5.69 Å². The molecule has 2 aromatic heterocycles. The van der Waals surface area contributed by atoms with Gasteiger partial charge in [-0.2, -0.15) is 18.3 Å². The Morgan fingerprint density at radius 1 is 1.27 bits per heavy atom. The molecule has 0 bridgehead atoms. The maximum absolute atomic E-state index is 13.3. The average Bonchev–Trinajstić information content (AvgIpc) is 3.43. The summed E-state index contributed by atoms with van der Waals surface area (Å²) in [5, 5.41) is 6.34. The second-order valence-corrected chi connectivity index (χ2v) is 9.13. The molecular weight excluding hydrogens is 531 g/mol. The van der Waals surface area contributed by atoms with Crippen LogP contribution >= 0.6 is 27.3 Å². The van der Waals surface area contributed by atoms with Crippen LogP contribution in [0.15, 0.2) is 4.47 Å². The van der Waals surface area contributed by atoms with Crippen molar-refractivity contribution in [3.8, 4) is 0 Å². The predicted octanol–water partition coefficient (Wildman–Crippen LogP) is 4.90. The molecule has 0 unspecified atom stereocenters. The van der Waals surface area contributed by atoms with E-state index in [0.29, 0.717) is 11.3 Å².